The van der Waals surface area contributed by atoms with Crippen LogP contribution in [0.4, 0.5) is 0 Å². The number of carbonyl (C=O) groups excluding carboxylic acids is 1. The number of carbonyl (C=O) groups is 1. The number of sulfonamides is 1. The van der Waals surface area contributed by atoms with Crippen LogP contribution in [0.15, 0.2) is 59.8 Å². The smallest absolute Gasteiger partial charge is 0.238 e. The molecule has 0 aliphatic rings. The van der Waals surface area contributed by atoms with Crippen molar-refractivity contribution in [3.63, 3.8) is 0 Å². The number of aromatic nitrogens is 2. The Bertz CT molecular complexity index is 1060. The lowest BCUT2D eigenvalue weighted by molar-refractivity contribution is -0.132. The van der Waals surface area contributed by atoms with Gasteiger partial charge in [-0.2, -0.15) is 0 Å². The number of aryl methyl sites for hydroxylation is 1. The second-order valence-electron chi connectivity index (χ2n) is 6.47. The summed E-state index contributed by atoms with van der Waals surface area (Å²) in [6.07, 6.45) is 2.09. The van der Waals surface area contributed by atoms with E-state index >= 15 is 0 Å². The monoisotopic (exact) mass is 386 g/mol. The molecule has 3 rings (SSSR count). The van der Waals surface area contributed by atoms with E-state index in [2.05, 4.69) is 4.98 Å². The zero-order valence-electron chi connectivity index (χ0n) is 15.2. The molecule has 1 atom stereocenters. The van der Waals surface area contributed by atoms with Crippen LogP contribution in [0.1, 0.15) is 24.9 Å². The SMILES string of the molecule is CC(c1ccc(S(N)(=O)=O)cc1)N(C)C(=O)CCn1cnc2ccccc21. The van der Waals surface area contributed by atoms with E-state index in [0.29, 0.717) is 13.0 Å². The standard InChI is InChI=1S/C19H22N4O3S/c1-14(15-7-9-16(10-8-15)27(20,25)26)22(2)19(24)11-12-23-13-21-17-5-3-4-6-18(17)23/h3-10,13-14H,11-12H2,1-2H3,(H2,20,25,26). The van der Waals surface area contributed by atoms with E-state index in [1.54, 1.807) is 30.4 Å². The van der Waals surface area contributed by atoms with E-state index in [9.17, 15) is 13.2 Å². The number of amides is 1. The summed E-state index contributed by atoms with van der Waals surface area (Å²) in [4.78, 5) is 18.6. The number of hydrogen-bond donors (Lipinski definition) is 1. The molecule has 0 bridgehead atoms. The summed E-state index contributed by atoms with van der Waals surface area (Å²) in [5.74, 6) is -0.00389. The number of benzene rings is 2. The lowest BCUT2D eigenvalue weighted by atomic mass is 10.1. The molecule has 0 aliphatic heterocycles. The fourth-order valence-corrected chi connectivity index (χ4v) is 3.47. The molecule has 27 heavy (non-hydrogen) atoms. The van der Waals surface area contributed by atoms with E-state index in [4.69, 9.17) is 5.14 Å². The third-order valence-corrected chi connectivity index (χ3v) is 5.69. The van der Waals surface area contributed by atoms with Crippen LogP contribution < -0.4 is 5.14 Å². The van der Waals surface area contributed by atoms with Crippen LogP contribution in [0.25, 0.3) is 11.0 Å². The first-order chi connectivity index (χ1) is 12.8. The van der Waals surface area contributed by atoms with Gasteiger partial charge < -0.3 is 9.47 Å². The van der Waals surface area contributed by atoms with E-state index in [-0.39, 0.29) is 16.8 Å². The minimum absolute atomic E-state index is 0.00389. The Morgan fingerprint density at radius 2 is 1.85 bits per heavy atom. The maximum absolute atomic E-state index is 12.6. The van der Waals surface area contributed by atoms with Crippen LogP contribution in [0.3, 0.4) is 0 Å². The Labute approximate surface area is 158 Å². The molecule has 142 valence electrons. The number of fused-ring (bicyclic) bond motifs is 1. The highest BCUT2D eigenvalue weighted by Gasteiger charge is 2.18. The number of nitrogens with zero attached hydrogens (tertiary/aromatic N) is 3. The fraction of sp³-hybridized carbons (Fsp3) is 0.263. The molecule has 1 unspecified atom stereocenters. The van der Waals surface area contributed by atoms with Crippen molar-refractivity contribution in [1.29, 1.82) is 0 Å². The predicted molar refractivity (Wildman–Crippen MR) is 103 cm³/mol. The number of primary sulfonamides is 1. The van der Waals surface area contributed by atoms with Gasteiger partial charge in [-0.1, -0.05) is 24.3 Å². The molecule has 8 heteroatoms. The summed E-state index contributed by atoms with van der Waals surface area (Å²) in [5.41, 5.74) is 2.74. The van der Waals surface area contributed by atoms with Crippen LogP contribution in [0.5, 0.6) is 0 Å². The Kier molecular flexibility index (Phi) is 5.29. The molecule has 0 aliphatic carbocycles. The second-order valence-corrected chi connectivity index (χ2v) is 8.03. The lowest BCUT2D eigenvalue weighted by Crippen LogP contribution is -2.30. The first kappa shape index (κ1) is 19.1. The lowest BCUT2D eigenvalue weighted by Gasteiger charge is -2.25. The quantitative estimate of drug-likeness (QED) is 0.703. The maximum Gasteiger partial charge on any atom is 0.238 e. The Morgan fingerprint density at radius 3 is 2.52 bits per heavy atom. The van der Waals surface area contributed by atoms with Crippen molar-refractivity contribution in [2.75, 3.05) is 7.05 Å². The largest absolute Gasteiger partial charge is 0.339 e. The number of para-hydroxylation sites is 2. The van der Waals surface area contributed by atoms with Crippen molar-refractivity contribution in [2.24, 2.45) is 5.14 Å². The molecule has 1 heterocycles. The molecule has 0 spiro atoms. The van der Waals surface area contributed by atoms with Gasteiger partial charge in [-0.3, -0.25) is 4.79 Å². The van der Waals surface area contributed by atoms with Gasteiger partial charge in [0.2, 0.25) is 15.9 Å². The molecule has 2 N–H and O–H groups in total. The highest BCUT2D eigenvalue weighted by atomic mass is 32.2. The molecule has 2 aromatic carbocycles. The van der Waals surface area contributed by atoms with Crippen molar-refractivity contribution < 1.29 is 13.2 Å². The number of nitrogens with two attached hydrogens (primary N) is 1. The third kappa shape index (κ3) is 4.17. The maximum atomic E-state index is 12.6. The van der Waals surface area contributed by atoms with Gasteiger partial charge in [-0.15, -0.1) is 0 Å². The van der Waals surface area contributed by atoms with E-state index in [1.807, 2.05) is 35.8 Å². The molecular weight excluding hydrogens is 364 g/mol. The topological polar surface area (TPSA) is 98.3 Å². The Balaban J connectivity index is 1.66. The molecule has 0 saturated carbocycles. The van der Waals surface area contributed by atoms with Gasteiger partial charge in [0, 0.05) is 20.0 Å². The van der Waals surface area contributed by atoms with Gasteiger partial charge in [0.05, 0.1) is 28.3 Å². The van der Waals surface area contributed by atoms with Crippen molar-refractivity contribution in [2.45, 2.75) is 30.8 Å². The predicted octanol–water partition coefficient (Wildman–Crippen LogP) is 2.29. The first-order valence-corrected chi connectivity index (χ1v) is 10.1. The minimum Gasteiger partial charge on any atom is -0.339 e. The molecule has 3 aromatic rings. The van der Waals surface area contributed by atoms with Crippen molar-refractivity contribution in [1.82, 2.24) is 14.5 Å². The van der Waals surface area contributed by atoms with Gasteiger partial charge in [-0.05, 0) is 36.8 Å². The van der Waals surface area contributed by atoms with Gasteiger partial charge in [0.15, 0.2) is 0 Å². The molecule has 1 aromatic heterocycles. The van der Waals surface area contributed by atoms with Crippen molar-refractivity contribution >= 4 is 27.0 Å². The Hall–Kier alpha value is -2.71. The van der Waals surface area contributed by atoms with Crippen LogP contribution in [0, 0.1) is 0 Å². The molecule has 7 nitrogen and oxygen atoms in total. The molecule has 0 fully saturated rings. The van der Waals surface area contributed by atoms with Gasteiger partial charge in [0.25, 0.3) is 0 Å². The summed E-state index contributed by atoms with van der Waals surface area (Å²) >= 11 is 0. The van der Waals surface area contributed by atoms with Gasteiger partial charge in [0.1, 0.15) is 0 Å². The summed E-state index contributed by atoms with van der Waals surface area (Å²) in [6.45, 7) is 2.44. The molecule has 0 radical (unpaired) electrons. The molecule has 1 amide bonds. The van der Waals surface area contributed by atoms with Crippen LogP contribution in [-0.2, 0) is 21.4 Å². The van der Waals surface area contributed by atoms with E-state index < -0.39 is 10.0 Å². The summed E-state index contributed by atoms with van der Waals surface area (Å²) in [5, 5.41) is 5.12. The number of imidazole rings is 1. The number of hydrogen-bond acceptors (Lipinski definition) is 4. The summed E-state index contributed by atoms with van der Waals surface area (Å²) in [6, 6.07) is 13.9. The third-order valence-electron chi connectivity index (χ3n) is 4.76. The summed E-state index contributed by atoms with van der Waals surface area (Å²) < 4.78 is 24.7. The van der Waals surface area contributed by atoms with E-state index in [0.717, 1.165) is 16.6 Å². The highest BCUT2D eigenvalue weighted by molar-refractivity contribution is 7.89. The van der Waals surface area contributed by atoms with Crippen LogP contribution in [-0.4, -0.2) is 35.8 Å². The highest BCUT2D eigenvalue weighted by Crippen LogP contribution is 2.21. The minimum atomic E-state index is -3.72. The van der Waals surface area contributed by atoms with Crippen molar-refractivity contribution in [3.05, 3.63) is 60.4 Å². The second kappa shape index (κ2) is 7.50. The van der Waals surface area contributed by atoms with Crippen LogP contribution >= 0.6 is 0 Å². The first-order valence-electron chi connectivity index (χ1n) is 8.55. The van der Waals surface area contributed by atoms with Gasteiger partial charge in [-0.25, -0.2) is 18.5 Å². The van der Waals surface area contributed by atoms with Gasteiger partial charge >= 0.3 is 0 Å². The fourth-order valence-electron chi connectivity index (χ4n) is 2.96. The zero-order chi connectivity index (χ0) is 19.6. The summed E-state index contributed by atoms with van der Waals surface area (Å²) in [7, 11) is -1.98. The molecule has 0 saturated heterocycles. The van der Waals surface area contributed by atoms with E-state index in [1.165, 1.54) is 12.1 Å². The van der Waals surface area contributed by atoms with Crippen LogP contribution in [0.2, 0.25) is 0 Å². The van der Waals surface area contributed by atoms with Crippen molar-refractivity contribution in [3.8, 4) is 0 Å². The number of rotatable bonds is 6. The Morgan fingerprint density at radius 1 is 1.19 bits per heavy atom. The normalized spacial score (nSPS) is 12.9. The molecular formula is C19H22N4O3S. The zero-order valence-corrected chi connectivity index (χ0v) is 16.1. The average molecular weight is 386 g/mol. The average Bonchev–Trinajstić information content (AvgIpc) is 3.07.